The molecule has 0 saturated carbocycles. The maximum absolute atomic E-state index is 12.6. The summed E-state index contributed by atoms with van der Waals surface area (Å²) < 4.78 is 43.2. The van der Waals surface area contributed by atoms with Crippen molar-refractivity contribution in [3.8, 4) is 5.75 Å². The van der Waals surface area contributed by atoms with Crippen LogP contribution < -0.4 is 4.74 Å². The lowest BCUT2D eigenvalue weighted by atomic mass is 9.90. The number of carbonyl (C=O) groups is 1. The molecule has 4 nitrogen and oxygen atoms in total. The summed E-state index contributed by atoms with van der Waals surface area (Å²) >= 11 is 0. The molecule has 1 heterocycles. The number of likely N-dealkylation sites (tertiary alicyclic amines) is 1. The Bertz CT molecular complexity index is 581. The topological polar surface area (TPSA) is 49.8 Å². The number of rotatable bonds is 4. The van der Waals surface area contributed by atoms with E-state index in [0.717, 1.165) is 5.56 Å². The first-order valence-electron chi connectivity index (χ1n) is 8.01. The average molecular weight is 345 g/mol. The zero-order chi connectivity index (χ0) is 17.9. The first kappa shape index (κ1) is 18.6. The maximum atomic E-state index is 12.6. The molecule has 1 aromatic carbocycles. The fourth-order valence-corrected chi connectivity index (χ4v) is 2.91. The number of benzene rings is 1. The van der Waals surface area contributed by atoms with Gasteiger partial charge in [-0.15, -0.1) is 0 Å². The Labute approximate surface area is 139 Å². The van der Waals surface area contributed by atoms with Crippen LogP contribution in [0.2, 0.25) is 0 Å². The largest absolute Gasteiger partial charge is 0.494 e. The van der Waals surface area contributed by atoms with E-state index in [2.05, 4.69) is 0 Å². The van der Waals surface area contributed by atoms with Crippen LogP contribution in [0.4, 0.5) is 13.2 Å². The van der Waals surface area contributed by atoms with Crippen molar-refractivity contribution in [2.45, 2.75) is 39.0 Å². The minimum absolute atomic E-state index is 0.136. The molecule has 1 unspecified atom stereocenters. The summed E-state index contributed by atoms with van der Waals surface area (Å²) in [6, 6.07) is 5.15. The Kier molecular flexibility index (Phi) is 5.74. The second-order valence-electron chi connectivity index (χ2n) is 6.03. The molecule has 1 amide bonds. The van der Waals surface area contributed by atoms with E-state index in [4.69, 9.17) is 4.74 Å². The van der Waals surface area contributed by atoms with Gasteiger partial charge in [-0.25, -0.2) is 0 Å². The molecule has 1 saturated heterocycles. The number of hydrogen-bond donors (Lipinski definition) is 1. The number of aryl methyl sites for hydroxylation is 1. The van der Waals surface area contributed by atoms with Crippen molar-refractivity contribution in [2.75, 3.05) is 19.7 Å². The van der Waals surface area contributed by atoms with Crippen molar-refractivity contribution in [3.63, 3.8) is 0 Å². The summed E-state index contributed by atoms with van der Waals surface area (Å²) in [6.07, 6.45) is -6.66. The minimum atomic E-state index is -4.61. The second-order valence-corrected chi connectivity index (χ2v) is 6.03. The maximum Gasteiger partial charge on any atom is 0.414 e. The van der Waals surface area contributed by atoms with Gasteiger partial charge in [0.2, 0.25) is 0 Å². The number of hydrogen-bond acceptors (Lipinski definition) is 3. The van der Waals surface area contributed by atoms with Crippen LogP contribution in [0.15, 0.2) is 18.2 Å². The number of carbonyl (C=O) groups excluding carboxylic acids is 1. The highest BCUT2D eigenvalue weighted by Crippen LogP contribution is 2.32. The van der Waals surface area contributed by atoms with Gasteiger partial charge in [-0.1, -0.05) is 6.07 Å². The molecule has 0 spiro atoms. The smallest absolute Gasteiger partial charge is 0.414 e. The SMILES string of the molecule is CCOc1cc(C(=O)N2CCC(C(O)C(F)(F)F)CC2)ccc1C. The van der Waals surface area contributed by atoms with E-state index in [-0.39, 0.29) is 31.8 Å². The Balaban J connectivity index is 2.02. The highest BCUT2D eigenvalue weighted by molar-refractivity contribution is 5.94. The molecule has 0 bridgehead atoms. The summed E-state index contributed by atoms with van der Waals surface area (Å²) in [4.78, 5) is 14.1. The van der Waals surface area contributed by atoms with Gasteiger partial charge in [0.25, 0.3) is 5.91 Å². The number of amides is 1. The van der Waals surface area contributed by atoms with Crippen LogP contribution in [0.3, 0.4) is 0 Å². The minimum Gasteiger partial charge on any atom is -0.494 e. The van der Waals surface area contributed by atoms with Gasteiger partial charge in [0.15, 0.2) is 6.10 Å². The molecule has 0 aromatic heterocycles. The fraction of sp³-hybridized carbons (Fsp3) is 0.588. The van der Waals surface area contributed by atoms with E-state index in [1.165, 1.54) is 4.90 Å². The van der Waals surface area contributed by atoms with Crippen molar-refractivity contribution in [3.05, 3.63) is 29.3 Å². The fourth-order valence-electron chi connectivity index (χ4n) is 2.91. The van der Waals surface area contributed by atoms with E-state index < -0.39 is 18.2 Å². The molecule has 2 rings (SSSR count). The van der Waals surface area contributed by atoms with Gasteiger partial charge >= 0.3 is 6.18 Å². The predicted octanol–water partition coefficient (Wildman–Crippen LogP) is 3.17. The summed E-state index contributed by atoms with van der Waals surface area (Å²) in [6.45, 7) is 4.62. The van der Waals surface area contributed by atoms with E-state index >= 15 is 0 Å². The van der Waals surface area contributed by atoms with Crippen molar-refractivity contribution in [2.24, 2.45) is 5.92 Å². The monoisotopic (exact) mass is 345 g/mol. The van der Waals surface area contributed by atoms with Gasteiger partial charge in [0.1, 0.15) is 5.75 Å². The van der Waals surface area contributed by atoms with Gasteiger partial charge in [0.05, 0.1) is 6.61 Å². The van der Waals surface area contributed by atoms with Gasteiger partial charge < -0.3 is 14.7 Å². The molecule has 1 aliphatic rings. The lowest BCUT2D eigenvalue weighted by Crippen LogP contribution is -2.45. The van der Waals surface area contributed by atoms with Gasteiger partial charge in [-0.2, -0.15) is 13.2 Å². The molecule has 1 N–H and O–H groups in total. The molecule has 24 heavy (non-hydrogen) atoms. The summed E-state index contributed by atoms with van der Waals surface area (Å²) in [5, 5.41) is 9.33. The molecule has 1 atom stereocenters. The van der Waals surface area contributed by atoms with E-state index in [1.54, 1.807) is 18.2 Å². The molecule has 1 aromatic rings. The van der Waals surface area contributed by atoms with E-state index in [0.29, 0.717) is 17.9 Å². The molecule has 7 heteroatoms. The Morgan fingerprint density at radius 2 is 2.00 bits per heavy atom. The number of halogens is 3. The lowest BCUT2D eigenvalue weighted by molar-refractivity contribution is -0.222. The van der Waals surface area contributed by atoms with Crippen LogP contribution in [0.1, 0.15) is 35.7 Å². The molecule has 0 aliphatic carbocycles. The van der Waals surface area contributed by atoms with Crippen LogP contribution in [0.25, 0.3) is 0 Å². The highest BCUT2D eigenvalue weighted by Gasteiger charge is 2.44. The van der Waals surface area contributed by atoms with Gasteiger partial charge in [0, 0.05) is 18.7 Å². The molecule has 134 valence electrons. The number of aliphatic hydroxyl groups excluding tert-OH is 1. The Hall–Kier alpha value is -1.76. The van der Waals surface area contributed by atoms with Crippen molar-refractivity contribution in [1.82, 2.24) is 4.90 Å². The number of nitrogens with zero attached hydrogens (tertiary/aromatic N) is 1. The number of alkyl halides is 3. The number of piperidine rings is 1. The van der Waals surface area contributed by atoms with Crippen LogP contribution in [0, 0.1) is 12.8 Å². The number of aliphatic hydroxyl groups is 1. The summed E-state index contributed by atoms with van der Waals surface area (Å²) in [5.74, 6) is -0.451. The number of ether oxygens (including phenoxy) is 1. The van der Waals surface area contributed by atoms with Crippen LogP contribution in [0.5, 0.6) is 5.75 Å². The van der Waals surface area contributed by atoms with Gasteiger partial charge in [-0.05, 0) is 50.3 Å². The summed E-state index contributed by atoms with van der Waals surface area (Å²) in [5.41, 5.74) is 1.37. The molecular weight excluding hydrogens is 323 g/mol. The van der Waals surface area contributed by atoms with Crippen LogP contribution >= 0.6 is 0 Å². The van der Waals surface area contributed by atoms with E-state index in [9.17, 15) is 23.1 Å². The zero-order valence-corrected chi connectivity index (χ0v) is 13.8. The van der Waals surface area contributed by atoms with Crippen LogP contribution in [-0.2, 0) is 0 Å². The first-order chi connectivity index (χ1) is 11.2. The quantitative estimate of drug-likeness (QED) is 0.912. The van der Waals surface area contributed by atoms with Gasteiger partial charge in [-0.3, -0.25) is 4.79 Å². The Morgan fingerprint density at radius 1 is 1.38 bits per heavy atom. The third kappa shape index (κ3) is 4.20. The molecule has 1 fully saturated rings. The van der Waals surface area contributed by atoms with Crippen LogP contribution in [-0.4, -0.2) is 47.9 Å². The summed E-state index contributed by atoms with van der Waals surface area (Å²) in [7, 11) is 0. The zero-order valence-electron chi connectivity index (χ0n) is 13.8. The third-order valence-electron chi connectivity index (χ3n) is 4.34. The lowest BCUT2D eigenvalue weighted by Gasteiger charge is -2.34. The normalized spacial score (nSPS) is 17.7. The molecule has 0 radical (unpaired) electrons. The van der Waals surface area contributed by atoms with Crippen molar-refractivity contribution in [1.29, 1.82) is 0 Å². The second kappa shape index (κ2) is 7.42. The average Bonchev–Trinajstić information content (AvgIpc) is 2.55. The molecular formula is C17H22F3NO3. The van der Waals surface area contributed by atoms with Crippen molar-refractivity contribution >= 4 is 5.91 Å². The first-order valence-corrected chi connectivity index (χ1v) is 8.01. The highest BCUT2D eigenvalue weighted by atomic mass is 19.4. The third-order valence-corrected chi connectivity index (χ3v) is 4.34. The standard InChI is InChI=1S/C17H22F3NO3/c1-3-24-14-10-13(5-4-11(14)2)16(23)21-8-6-12(7-9-21)15(22)17(18,19)20/h4-5,10,12,15,22H,3,6-9H2,1-2H3. The van der Waals surface area contributed by atoms with Crippen molar-refractivity contribution < 1.29 is 27.8 Å². The Morgan fingerprint density at radius 3 is 2.54 bits per heavy atom. The van der Waals surface area contributed by atoms with E-state index in [1.807, 2.05) is 13.8 Å². The molecule has 1 aliphatic heterocycles. The predicted molar refractivity (Wildman–Crippen MR) is 83.0 cm³/mol.